The van der Waals surface area contributed by atoms with E-state index in [-0.39, 0.29) is 5.91 Å². The number of amides is 1. The Bertz CT molecular complexity index is 594. The van der Waals surface area contributed by atoms with Crippen LogP contribution in [0.15, 0.2) is 30.6 Å². The molecule has 6 heteroatoms. The third kappa shape index (κ3) is 3.57. The van der Waals surface area contributed by atoms with Crippen molar-refractivity contribution in [1.29, 1.82) is 0 Å². The maximum Gasteiger partial charge on any atom is 0.261 e. The fourth-order valence-electron chi connectivity index (χ4n) is 1.72. The summed E-state index contributed by atoms with van der Waals surface area (Å²) in [5.41, 5.74) is 1.09. The minimum Gasteiger partial charge on any atom is -0.481 e. The first-order valence-electron chi connectivity index (χ1n) is 6.40. The zero-order valence-electron chi connectivity index (χ0n) is 11.8. The largest absolute Gasteiger partial charge is 0.481 e. The van der Waals surface area contributed by atoms with Gasteiger partial charge in [-0.2, -0.15) is 0 Å². The Balaban J connectivity index is 1.87. The van der Waals surface area contributed by atoms with Gasteiger partial charge in [0.25, 0.3) is 5.91 Å². The van der Waals surface area contributed by atoms with Gasteiger partial charge in [0.05, 0.1) is 6.54 Å². The number of aryl methyl sites for hydroxylation is 2. The minimum absolute atomic E-state index is 0.186. The van der Waals surface area contributed by atoms with Gasteiger partial charge in [-0.3, -0.25) is 4.79 Å². The van der Waals surface area contributed by atoms with E-state index in [0.29, 0.717) is 18.1 Å². The van der Waals surface area contributed by atoms with Crippen molar-refractivity contribution in [2.24, 2.45) is 7.05 Å². The molecule has 0 aliphatic heterocycles. The second-order valence-corrected chi connectivity index (χ2v) is 4.65. The predicted octanol–water partition coefficient (Wildman–Crippen LogP) is 1.21. The van der Waals surface area contributed by atoms with Gasteiger partial charge in [0.2, 0.25) is 0 Å². The van der Waals surface area contributed by atoms with Crippen LogP contribution in [0.5, 0.6) is 5.75 Å². The maximum absolute atomic E-state index is 11.9. The Morgan fingerprint density at radius 1 is 1.50 bits per heavy atom. The van der Waals surface area contributed by atoms with Crippen LogP contribution in [0.4, 0.5) is 0 Å². The van der Waals surface area contributed by atoms with Gasteiger partial charge in [0.1, 0.15) is 12.1 Å². The van der Waals surface area contributed by atoms with Gasteiger partial charge in [-0.25, -0.2) is 0 Å². The smallest absolute Gasteiger partial charge is 0.261 e. The van der Waals surface area contributed by atoms with Gasteiger partial charge in [-0.1, -0.05) is 12.1 Å². The summed E-state index contributed by atoms with van der Waals surface area (Å²) in [6.07, 6.45) is 1.03. The van der Waals surface area contributed by atoms with Crippen LogP contribution < -0.4 is 10.1 Å². The lowest BCUT2D eigenvalue weighted by Gasteiger charge is -2.14. The predicted molar refractivity (Wildman–Crippen MR) is 74.1 cm³/mol. The first-order valence-corrected chi connectivity index (χ1v) is 6.40. The number of nitrogens with one attached hydrogen (secondary N) is 1. The number of ether oxygens (including phenoxy) is 1. The Kier molecular flexibility index (Phi) is 4.34. The number of nitrogens with zero attached hydrogens (tertiary/aromatic N) is 3. The highest BCUT2D eigenvalue weighted by atomic mass is 16.5. The molecule has 0 bridgehead atoms. The van der Waals surface area contributed by atoms with Crippen LogP contribution in [0.25, 0.3) is 0 Å². The summed E-state index contributed by atoms with van der Waals surface area (Å²) in [7, 11) is 1.83. The van der Waals surface area contributed by atoms with Crippen molar-refractivity contribution in [3.8, 4) is 5.75 Å². The topological polar surface area (TPSA) is 69.0 Å². The monoisotopic (exact) mass is 274 g/mol. The molecule has 1 aromatic heterocycles. The molecule has 1 amide bonds. The van der Waals surface area contributed by atoms with E-state index in [4.69, 9.17) is 4.74 Å². The molecule has 2 rings (SSSR count). The zero-order chi connectivity index (χ0) is 14.5. The van der Waals surface area contributed by atoms with E-state index >= 15 is 0 Å². The molecule has 1 atom stereocenters. The minimum atomic E-state index is -0.565. The van der Waals surface area contributed by atoms with Crippen LogP contribution >= 0.6 is 0 Å². The number of hydrogen-bond acceptors (Lipinski definition) is 4. The third-order valence-electron chi connectivity index (χ3n) is 2.90. The molecule has 6 nitrogen and oxygen atoms in total. The summed E-state index contributed by atoms with van der Waals surface area (Å²) >= 11 is 0. The van der Waals surface area contributed by atoms with Gasteiger partial charge in [-0.05, 0) is 31.5 Å². The summed E-state index contributed by atoms with van der Waals surface area (Å²) < 4.78 is 7.36. The lowest BCUT2D eigenvalue weighted by atomic mass is 10.2. The van der Waals surface area contributed by atoms with E-state index in [1.807, 2.05) is 38.2 Å². The van der Waals surface area contributed by atoms with Gasteiger partial charge >= 0.3 is 0 Å². The Hall–Kier alpha value is -2.37. The number of aromatic nitrogens is 3. The lowest BCUT2D eigenvalue weighted by Crippen LogP contribution is -2.36. The normalized spacial score (nSPS) is 11.9. The standard InChI is InChI=1S/C14H18N4O2/c1-10-5-4-6-12(7-10)20-11(2)14(19)15-8-13-17-16-9-18(13)3/h4-7,9,11H,8H2,1-3H3,(H,15,19). The van der Waals surface area contributed by atoms with Crippen molar-refractivity contribution < 1.29 is 9.53 Å². The highest BCUT2D eigenvalue weighted by Gasteiger charge is 2.15. The van der Waals surface area contributed by atoms with Crippen LogP contribution in [-0.2, 0) is 18.4 Å². The van der Waals surface area contributed by atoms with Gasteiger partial charge in [0, 0.05) is 7.05 Å². The van der Waals surface area contributed by atoms with Crippen LogP contribution in [-0.4, -0.2) is 26.8 Å². The van der Waals surface area contributed by atoms with E-state index < -0.39 is 6.10 Å². The molecule has 1 unspecified atom stereocenters. The lowest BCUT2D eigenvalue weighted by molar-refractivity contribution is -0.127. The number of rotatable bonds is 5. The maximum atomic E-state index is 11.9. The first-order chi connectivity index (χ1) is 9.56. The van der Waals surface area contributed by atoms with E-state index in [0.717, 1.165) is 5.56 Å². The zero-order valence-corrected chi connectivity index (χ0v) is 11.8. The molecule has 1 heterocycles. The quantitative estimate of drug-likeness (QED) is 0.889. The second kappa shape index (κ2) is 6.18. The molecule has 0 saturated carbocycles. The van der Waals surface area contributed by atoms with Crippen molar-refractivity contribution in [3.63, 3.8) is 0 Å². The summed E-state index contributed by atoms with van der Waals surface area (Å²) in [5, 5.41) is 10.4. The molecule has 2 aromatic rings. The Morgan fingerprint density at radius 3 is 2.95 bits per heavy atom. The van der Waals surface area contributed by atoms with E-state index in [2.05, 4.69) is 15.5 Å². The number of carbonyl (C=O) groups excluding carboxylic acids is 1. The van der Waals surface area contributed by atoms with Crippen molar-refractivity contribution in [2.75, 3.05) is 0 Å². The number of benzene rings is 1. The number of hydrogen-bond donors (Lipinski definition) is 1. The molecule has 0 aliphatic rings. The van der Waals surface area contributed by atoms with Gasteiger partial charge < -0.3 is 14.6 Å². The molecule has 1 aromatic carbocycles. The van der Waals surface area contributed by atoms with E-state index in [9.17, 15) is 4.79 Å². The molecule has 0 spiro atoms. The molecular weight excluding hydrogens is 256 g/mol. The van der Waals surface area contributed by atoms with Crippen molar-refractivity contribution in [2.45, 2.75) is 26.5 Å². The molecule has 0 aliphatic carbocycles. The number of carbonyl (C=O) groups is 1. The average molecular weight is 274 g/mol. The first kappa shape index (κ1) is 14.0. The molecule has 0 fully saturated rings. The Morgan fingerprint density at radius 2 is 2.30 bits per heavy atom. The fourth-order valence-corrected chi connectivity index (χ4v) is 1.72. The summed E-state index contributed by atoms with van der Waals surface area (Å²) in [6.45, 7) is 4.02. The summed E-state index contributed by atoms with van der Waals surface area (Å²) in [6, 6.07) is 7.60. The average Bonchev–Trinajstić information content (AvgIpc) is 2.81. The molecule has 1 N–H and O–H groups in total. The van der Waals surface area contributed by atoms with Crippen molar-refractivity contribution in [3.05, 3.63) is 42.0 Å². The third-order valence-corrected chi connectivity index (χ3v) is 2.90. The van der Waals surface area contributed by atoms with Gasteiger partial charge in [-0.15, -0.1) is 10.2 Å². The highest BCUT2D eigenvalue weighted by molar-refractivity contribution is 5.80. The summed E-state index contributed by atoms with van der Waals surface area (Å²) in [4.78, 5) is 11.9. The highest BCUT2D eigenvalue weighted by Crippen LogP contribution is 2.14. The second-order valence-electron chi connectivity index (χ2n) is 4.65. The van der Waals surface area contributed by atoms with Crippen LogP contribution in [0.3, 0.4) is 0 Å². The van der Waals surface area contributed by atoms with Crippen molar-refractivity contribution in [1.82, 2.24) is 20.1 Å². The molecular formula is C14H18N4O2. The molecule has 20 heavy (non-hydrogen) atoms. The summed E-state index contributed by atoms with van der Waals surface area (Å²) in [5.74, 6) is 1.20. The van der Waals surface area contributed by atoms with Crippen LogP contribution in [0, 0.1) is 6.92 Å². The SMILES string of the molecule is Cc1cccc(OC(C)C(=O)NCc2nncn2C)c1. The van der Waals surface area contributed by atoms with Crippen molar-refractivity contribution >= 4 is 5.91 Å². The van der Waals surface area contributed by atoms with E-state index in [1.54, 1.807) is 17.8 Å². The fraction of sp³-hybridized carbons (Fsp3) is 0.357. The van der Waals surface area contributed by atoms with Crippen LogP contribution in [0.2, 0.25) is 0 Å². The van der Waals surface area contributed by atoms with Crippen LogP contribution in [0.1, 0.15) is 18.3 Å². The molecule has 0 radical (unpaired) electrons. The molecule has 106 valence electrons. The Labute approximate surface area is 117 Å². The molecule has 0 saturated heterocycles. The van der Waals surface area contributed by atoms with Gasteiger partial charge in [0.15, 0.2) is 11.9 Å². The van der Waals surface area contributed by atoms with E-state index in [1.165, 1.54) is 0 Å².